The Morgan fingerprint density at radius 2 is 1.55 bits per heavy atom. The Morgan fingerprint density at radius 1 is 1.03 bits per heavy atom. The molecule has 0 heterocycles. The van der Waals surface area contributed by atoms with E-state index in [0.717, 1.165) is 19.3 Å². The van der Waals surface area contributed by atoms with Crippen LogP contribution >= 0.6 is 7.60 Å². The summed E-state index contributed by atoms with van der Waals surface area (Å²) in [5.74, 6) is 0.266. The van der Waals surface area contributed by atoms with Gasteiger partial charge in [0.05, 0.1) is 12.2 Å². The molecule has 31 heavy (non-hydrogen) atoms. The van der Waals surface area contributed by atoms with Crippen molar-refractivity contribution in [2.45, 2.75) is 57.6 Å². The zero-order valence-corrected chi connectivity index (χ0v) is 20.8. The fourth-order valence-electron chi connectivity index (χ4n) is 4.67. The first kappa shape index (κ1) is 24.4. The van der Waals surface area contributed by atoms with Gasteiger partial charge in [-0.25, -0.2) is 0 Å². The molecule has 2 aromatic rings. The lowest BCUT2D eigenvalue weighted by Crippen LogP contribution is -2.67. The topological polar surface area (TPSA) is 76.0 Å². The van der Waals surface area contributed by atoms with Crippen LogP contribution in [-0.4, -0.2) is 36.7 Å². The molecule has 3 rings (SSSR count). The van der Waals surface area contributed by atoms with Crippen molar-refractivity contribution in [3.05, 3.63) is 60.7 Å². The highest BCUT2D eigenvalue weighted by Crippen LogP contribution is 2.53. The smallest absolute Gasteiger partial charge is 0.351 e. The summed E-state index contributed by atoms with van der Waals surface area (Å²) in [5.41, 5.74) is -0.621. The van der Waals surface area contributed by atoms with Crippen molar-refractivity contribution >= 4 is 26.3 Å². The Morgan fingerprint density at radius 3 is 1.97 bits per heavy atom. The molecule has 0 amide bonds. The van der Waals surface area contributed by atoms with E-state index in [-0.39, 0.29) is 11.0 Å². The van der Waals surface area contributed by atoms with Gasteiger partial charge in [-0.2, -0.15) is 0 Å². The summed E-state index contributed by atoms with van der Waals surface area (Å²) in [5, 5.41) is 2.22. The van der Waals surface area contributed by atoms with Crippen LogP contribution in [0.3, 0.4) is 0 Å². The van der Waals surface area contributed by atoms with Crippen LogP contribution in [0, 0.1) is 5.92 Å². The predicted octanol–water partition coefficient (Wildman–Crippen LogP) is 4.27. The Balaban J connectivity index is 1.99. The first-order valence-corrected chi connectivity index (χ1v) is 14.7. The molecule has 1 fully saturated rings. The molecule has 0 aliphatic heterocycles. The monoisotopic (exact) mass is 462 g/mol. The lowest BCUT2D eigenvalue weighted by atomic mass is 10.2. The van der Waals surface area contributed by atoms with Crippen LogP contribution in [0.4, 0.5) is 0 Å². The first-order valence-electron chi connectivity index (χ1n) is 11.0. The third-order valence-electron chi connectivity index (χ3n) is 6.28. The van der Waals surface area contributed by atoms with E-state index in [9.17, 15) is 14.4 Å². The van der Waals surface area contributed by atoms with Gasteiger partial charge in [-0.05, 0) is 34.2 Å². The largest absolute Gasteiger partial charge is 0.404 e. The summed E-state index contributed by atoms with van der Waals surface area (Å²) < 4.78 is 24.4. The van der Waals surface area contributed by atoms with Crippen LogP contribution < -0.4 is 10.4 Å². The summed E-state index contributed by atoms with van der Waals surface area (Å²) in [6.45, 7) is 9.12. The zero-order valence-electron chi connectivity index (χ0n) is 19.0. The normalized spacial score (nSPS) is 21.8. The maximum atomic E-state index is 11.5. The molecule has 0 aromatic heterocycles. The van der Waals surface area contributed by atoms with Gasteiger partial charge in [0.1, 0.15) is 6.35 Å². The molecule has 7 heteroatoms. The van der Waals surface area contributed by atoms with Crippen LogP contribution in [0.25, 0.3) is 0 Å². The van der Waals surface area contributed by atoms with Gasteiger partial charge in [-0.15, -0.1) is 0 Å². The molecule has 1 aliphatic rings. The SMILES string of the molecule is CCC[C@@H]1C[C@@]1(CO[Si](c1ccccc1)(c1ccccc1)C(C)(C)C)OCP(=O)(O)O. The highest BCUT2D eigenvalue weighted by atomic mass is 31.2. The second kappa shape index (κ2) is 9.30. The summed E-state index contributed by atoms with van der Waals surface area (Å²) in [6, 6.07) is 20.8. The lowest BCUT2D eigenvalue weighted by molar-refractivity contribution is 0.00217. The lowest BCUT2D eigenvalue weighted by Gasteiger charge is -2.44. The van der Waals surface area contributed by atoms with Crippen molar-refractivity contribution in [3.8, 4) is 0 Å². The minimum atomic E-state index is -4.25. The van der Waals surface area contributed by atoms with E-state index in [1.54, 1.807) is 0 Å². The van der Waals surface area contributed by atoms with Gasteiger partial charge < -0.3 is 18.9 Å². The quantitative estimate of drug-likeness (QED) is 0.407. The van der Waals surface area contributed by atoms with E-state index in [1.165, 1.54) is 10.4 Å². The summed E-state index contributed by atoms with van der Waals surface area (Å²) >= 11 is 0. The molecule has 170 valence electrons. The summed E-state index contributed by atoms with van der Waals surface area (Å²) in [4.78, 5) is 18.8. The van der Waals surface area contributed by atoms with Crippen molar-refractivity contribution in [1.82, 2.24) is 0 Å². The Kier molecular flexibility index (Phi) is 7.31. The predicted molar refractivity (Wildman–Crippen MR) is 127 cm³/mol. The van der Waals surface area contributed by atoms with Gasteiger partial charge in [0, 0.05) is 0 Å². The number of hydrogen-bond acceptors (Lipinski definition) is 3. The molecule has 2 N–H and O–H groups in total. The van der Waals surface area contributed by atoms with Gasteiger partial charge in [0.25, 0.3) is 8.32 Å². The highest BCUT2D eigenvalue weighted by molar-refractivity contribution is 7.51. The molecular formula is C24H35O5PSi. The van der Waals surface area contributed by atoms with Crippen molar-refractivity contribution in [2.75, 3.05) is 13.0 Å². The van der Waals surface area contributed by atoms with Gasteiger partial charge in [0.15, 0.2) is 0 Å². The minimum absolute atomic E-state index is 0.157. The van der Waals surface area contributed by atoms with Crippen molar-refractivity contribution < 1.29 is 23.5 Å². The summed E-state index contributed by atoms with van der Waals surface area (Å²) in [7, 11) is -6.97. The van der Waals surface area contributed by atoms with Crippen molar-refractivity contribution in [1.29, 1.82) is 0 Å². The zero-order chi connectivity index (χ0) is 22.8. The molecular weight excluding hydrogens is 427 g/mol. The second-order valence-corrected chi connectivity index (χ2v) is 15.5. The Bertz CT molecular complexity index is 854. The highest BCUT2D eigenvalue weighted by Gasteiger charge is 2.59. The van der Waals surface area contributed by atoms with E-state index < -0.39 is 27.9 Å². The van der Waals surface area contributed by atoms with E-state index in [4.69, 9.17) is 9.16 Å². The maximum absolute atomic E-state index is 11.5. The Hall–Kier alpha value is -1.27. The molecule has 0 radical (unpaired) electrons. The molecule has 0 unspecified atom stereocenters. The molecule has 1 aliphatic carbocycles. The van der Waals surface area contributed by atoms with Crippen LogP contribution in [0.1, 0.15) is 47.0 Å². The number of ether oxygens (including phenoxy) is 1. The number of benzene rings is 2. The number of hydrogen-bond donors (Lipinski definition) is 2. The van der Waals surface area contributed by atoms with Gasteiger partial charge in [-0.1, -0.05) is 94.8 Å². The van der Waals surface area contributed by atoms with Crippen LogP contribution in [0.15, 0.2) is 60.7 Å². The first-order chi connectivity index (χ1) is 14.5. The van der Waals surface area contributed by atoms with Crippen molar-refractivity contribution in [2.24, 2.45) is 5.92 Å². The van der Waals surface area contributed by atoms with Crippen LogP contribution in [0.2, 0.25) is 5.04 Å². The molecule has 2 atom stereocenters. The fourth-order valence-corrected chi connectivity index (χ4v) is 9.71. The van der Waals surface area contributed by atoms with Gasteiger partial charge >= 0.3 is 7.60 Å². The molecule has 0 saturated heterocycles. The van der Waals surface area contributed by atoms with E-state index >= 15 is 0 Å². The van der Waals surface area contributed by atoms with E-state index in [2.05, 4.69) is 52.0 Å². The second-order valence-electron chi connectivity index (χ2n) is 9.64. The van der Waals surface area contributed by atoms with Gasteiger partial charge in [0.2, 0.25) is 0 Å². The third-order valence-corrected chi connectivity index (χ3v) is 11.7. The minimum Gasteiger partial charge on any atom is -0.404 e. The molecule has 5 nitrogen and oxygen atoms in total. The molecule has 2 aromatic carbocycles. The third kappa shape index (κ3) is 5.39. The van der Waals surface area contributed by atoms with Crippen LogP contribution in [0.5, 0.6) is 0 Å². The van der Waals surface area contributed by atoms with E-state index in [1.807, 2.05) is 36.4 Å². The average Bonchev–Trinajstić information content (AvgIpc) is 3.40. The Labute approximate surface area is 187 Å². The molecule has 0 bridgehead atoms. The maximum Gasteiger partial charge on any atom is 0.351 e. The van der Waals surface area contributed by atoms with Crippen LogP contribution in [-0.2, 0) is 13.7 Å². The van der Waals surface area contributed by atoms with Gasteiger partial charge in [-0.3, -0.25) is 4.57 Å². The summed E-state index contributed by atoms with van der Waals surface area (Å²) in [6.07, 6.45) is 2.19. The van der Waals surface area contributed by atoms with Crippen molar-refractivity contribution in [3.63, 3.8) is 0 Å². The number of rotatable bonds is 10. The standard InChI is InChI=1S/C24H35O5PSi/c1-5-12-20-17-24(20,28-19-30(25,26)27)18-29-31(23(2,3)4,21-13-8-6-9-14-21)22-15-10-7-11-16-22/h6-11,13-16,20H,5,12,17-19H2,1-4H3,(H2,25,26,27)/t20-,24+/m1/s1. The molecule has 1 saturated carbocycles. The van der Waals surface area contributed by atoms with E-state index in [0.29, 0.717) is 6.61 Å². The average molecular weight is 463 g/mol. The molecule has 0 spiro atoms. The fraction of sp³-hybridized carbons (Fsp3) is 0.500.